The van der Waals surface area contributed by atoms with Gasteiger partial charge in [-0.1, -0.05) is 6.58 Å². The van der Waals surface area contributed by atoms with Crippen molar-refractivity contribution in [2.45, 2.75) is 45.3 Å². The molecule has 0 aromatic carbocycles. The lowest BCUT2D eigenvalue weighted by Gasteiger charge is -2.32. The van der Waals surface area contributed by atoms with Gasteiger partial charge in [0.15, 0.2) is 0 Å². The Labute approximate surface area is 185 Å². The van der Waals surface area contributed by atoms with Gasteiger partial charge in [0.2, 0.25) is 11.7 Å². The zero-order chi connectivity index (χ0) is 22.5. The van der Waals surface area contributed by atoms with Crippen molar-refractivity contribution < 1.29 is 13.9 Å². The second kappa shape index (κ2) is 7.47. The average molecular weight is 435 g/mol. The third kappa shape index (κ3) is 3.83. The molecule has 2 aliphatic rings. The predicted molar refractivity (Wildman–Crippen MR) is 120 cm³/mol. The Morgan fingerprint density at radius 2 is 2.00 bits per heavy atom. The lowest BCUT2D eigenvalue weighted by Crippen LogP contribution is -2.40. The molecule has 10 nitrogen and oxygen atoms in total. The summed E-state index contributed by atoms with van der Waals surface area (Å²) in [7, 11) is 0. The number of morpholine rings is 1. The molecule has 166 valence electrons. The summed E-state index contributed by atoms with van der Waals surface area (Å²) in [5, 5.41) is 6.86. The van der Waals surface area contributed by atoms with E-state index in [1.165, 1.54) is 6.33 Å². The van der Waals surface area contributed by atoms with E-state index in [1.54, 1.807) is 19.3 Å². The predicted octanol–water partition coefficient (Wildman–Crippen LogP) is 3.28. The average Bonchev–Trinajstić information content (AvgIpc) is 3.35. The standard InChI is InChI=1S/C22H25N7O3/c1-12-9-29(10-13(2)31-12)21-23-7-15(8-24-21)27-19(30)16-14(3)32-20-17(16)18(25-11-26-20)28-22(4)5-6-22/h7-8,11,13H,1,5-6,9-10H2,2-4H3,(H,27,30)(H,25,26,28). The number of hydrogen-bond donors (Lipinski definition) is 2. The van der Waals surface area contributed by atoms with Crippen LogP contribution in [0.2, 0.25) is 0 Å². The highest BCUT2D eigenvalue weighted by Crippen LogP contribution is 2.40. The Morgan fingerprint density at radius 1 is 1.25 bits per heavy atom. The van der Waals surface area contributed by atoms with Gasteiger partial charge >= 0.3 is 0 Å². The Hall–Kier alpha value is -3.69. The van der Waals surface area contributed by atoms with Crippen LogP contribution in [0, 0.1) is 6.92 Å². The van der Waals surface area contributed by atoms with Gasteiger partial charge < -0.3 is 24.7 Å². The molecule has 10 heteroatoms. The van der Waals surface area contributed by atoms with Crippen LogP contribution in [-0.4, -0.2) is 50.6 Å². The van der Waals surface area contributed by atoms with Gasteiger partial charge in [-0.15, -0.1) is 0 Å². The first-order chi connectivity index (χ1) is 15.3. The summed E-state index contributed by atoms with van der Waals surface area (Å²) in [5.41, 5.74) is 1.25. The zero-order valence-corrected chi connectivity index (χ0v) is 18.3. The number of fused-ring (bicyclic) bond motifs is 1. The topological polar surface area (TPSA) is 118 Å². The first kappa shape index (κ1) is 20.2. The van der Waals surface area contributed by atoms with Crippen molar-refractivity contribution in [1.82, 2.24) is 19.9 Å². The van der Waals surface area contributed by atoms with Gasteiger partial charge in [-0.05, 0) is 33.6 Å². The third-order valence-electron chi connectivity index (χ3n) is 5.70. The second-order valence-corrected chi connectivity index (χ2v) is 8.69. The van der Waals surface area contributed by atoms with Crippen LogP contribution in [0.4, 0.5) is 17.5 Å². The molecule has 1 aliphatic heterocycles. The molecule has 1 unspecified atom stereocenters. The molecule has 0 bridgehead atoms. The number of hydrogen-bond acceptors (Lipinski definition) is 9. The maximum atomic E-state index is 13.2. The van der Waals surface area contributed by atoms with Crippen LogP contribution in [-0.2, 0) is 4.74 Å². The molecule has 0 spiro atoms. The fourth-order valence-corrected chi connectivity index (χ4v) is 3.85. The molecule has 1 saturated carbocycles. The number of ether oxygens (including phenoxy) is 1. The number of carbonyl (C=O) groups excluding carboxylic acids is 1. The lowest BCUT2D eigenvalue weighted by molar-refractivity contribution is 0.102. The summed E-state index contributed by atoms with van der Waals surface area (Å²) in [6.07, 6.45) is 6.73. The highest BCUT2D eigenvalue weighted by molar-refractivity contribution is 6.15. The normalized spacial score (nSPS) is 19.5. The molecule has 3 aromatic rings. The Balaban J connectivity index is 1.38. The van der Waals surface area contributed by atoms with E-state index >= 15 is 0 Å². The van der Waals surface area contributed by atoms with E-state index in [-0.39, 0.29) is 17.6 Å². The van der Waals surface area contributed by atoms with Crippen LogP contribution in [0.5, 0.6) is 0 Å². The molecule has 2 N–H and O–H groups in total. The molecule has 3 aromatic heterocycles. The molecule has 1 saturated heterocycles. The van der Waals surface area contributed by atoms with Gasteiger partial charge in [-0.3, -0.25) is 4.79 Å². The van der Waals surface area contributed by atoms with Gasteiger partial charge in [-0.2, -0.15) is 0 Å². The molecule has 32 heavy (non-hydrogen) atoms. The monoisotopic (exact) mass is 435 g/mol. The van der Waals surface area contributed by atoms with Crippen LogP contribution in [0.3, 0.4) is 0 Å². The van der Waals surface area contributed by atoms with Crippen molar-refractivity contribution in [3.8, 4) is 0 Å². The van der Waals surface area contributed by atoms with Gasteiger partial charge in [0.1, 0.15) is 29.8 Å². The number of carbonyl (C=O) groups is 1. The van der Waals surface area contributed by atoms with Crippen LogP contribution >= 0.6 is 0 Å². The molecular formula is C22H25N7O3. The summed E-state index contributed by atoms with van der Waals surface area (Å²) in [4.78, 5) is 32.5. The summed E-state index contributed by atoms with van der Waals surface area (Å²) in [5.74, 6) is 1.98. The van der Waals surface area contributed by atoms with Crippen molar-refractivity contribution in [3.63, 3.8) is 0 Å². The third-order valence-corrected chi connectivity index (χ3v) is 5.70. The Kier molecular flexibility index (Phi) is 4.72. The molecular weight excluding hydrogens is 410 g/mol. The molecule has 5 rings (SSSR count). The quantitative estimate of drug-likeness (QED) is 0.622. The SMILES string of the molecule is C=C1CN(c2ncc(NC(=O)c3c(C)oc4ncnc(NC5(C)CC5)c34)cn2)CC(C)O1. The van der Waals surface area contributed by atoms with Crippen LogP contribution in [0.1, 0.15) is 42.8 Å². The number of amides is 1. The van der Waals surface area contributed by atoms with Crippen molar-refractivity contribution in [2.24, 2.45) is 0 Å². The summed E-state index contributed by atoms with van der Waals surface area (Å²) >= 11 is 0. The first-order valence-corrected chi connectivity index (χ1v) is 10.6. The number of nitrogens with zero attached hydrogens (tertiary/aromatic N) is 5. The van der Waals surface area contributed by atoms with Gasteiger partial charge in [0.25, 0.3) is 5.91 Å². The van der Waals surface area contributed by atoms with E-state index in [0.29, 0.717) is 58.7 Å². The largest absolute Gasteiger partial charge is 0.492 e. The minimum atomic E-state index is -0.329. The summed E-state index contributed by atoms with van der Waals surface area (Å²) in [6, 6.07) is 0. The van der Waals surface area contributed by atoms with Crippen molar-refractivity contribution in [3.05, 3.63) is 42.4 Å². The van der Waals surface area contributed by atoms with E-state index in [0.717, 1.165) is 12.8 Å². The van der Waals surface area contributed by atoms with Crippen LogP contribution < -0.4 is 15.5 Å². The lowest BCUT2D eigenvalue weighted by atomic mass is 10.1. The van der Waals surface area contributed by atoms with E-state index in [4.69, 9.17) is 9.15 Å². The number of furan rings is 1. The fourth-order valence-electron chi connectivity index (χ4n) is 3.85. The van der Waals surface area contributed by atoms with Gasteiger partial charge in [0.05, 0.1) is 42.1 Å². The highest BCUT2D eigenvalue weighted by Gasteiger charge is 2.38. The van der Waals surface area contributed by atoms with E-state index < -0.39 is 0 Å². The molecule has 4 heterocycles. The maximum absolute atomic E-state index is 13.2. The molecule has 0 radical (unpaired) electrons. The minimum Gasteiger partial charge on any atom is -0.492 e. The van der Waals surface area contributed by atoms with Gasteiger partial charge in [-0.25, -0.2) is 19.9 Å². The number of anilines is 3. The summed E-state index contributed by atoms with van der Waals surface area (Å²) < 4.78 is 11.3. The summed E-state index contributed by atoms with van der Waals surface area (Å²) in [6.45, 7) is 10.9. The molecule has 2 fully saturated rings. The highest BCUT2D eigenvalue weighted by atomic mass is 16.5. The molecule has 1 aliphatic carbocycles. The number of rotatable bonds is 5. The van der Waals surface area contributed by atoms with E-state index in [2.05, 4.69) is 44.1 Å². The molecule has 1 amide bonds. The van der Waals surface area contributed by atoms with Crippen molar-refractivity contribution >= 4 is 34.5 Å². The molecule has 1 atom stereocenters. The van der Waals surface area contributed by atoms with Crippen LogP contribution in [0.25, 0.3) is 11.1 Å². The zero-order valence-electron chi connectivity index (χ0n) is 18.3. The van der Waals surface area contributed by atoms with E-state index in [9.17, 15) is 4.79 Å². The number of nitrogens with one attached hydrogen (secondary N) is 2. The Morgan fingerprint density at radius 3 is 2.69 bits per heavy atom. The minimum absolute atomic E-state index is 0.00777. The second-order valence-electron chi connectivity index (χ2n) is 8.69. The first-order valence-electron chi connectivity index (χ1n) is 10.6. The maximum Gasteiger partial charge on any atom is 0.260 e. The van der Waals surface area contributed by atoms with Crippen LogP contribution in [0.15, 0.2) is 35.5 Å². The van der Waals surface area contributed by atoms with Crippen molar-refractivity contribution in [2.75, 3.05) is 28.6 Å². The fraction of sp³-hybridized carbons (Fsp3) is 0.409. The number of aromatic nitrogens is 4. The van der Waals surface area contributed by atoms with Crippen molar-refractivity contribution in [1.29, 1.82) is 0 Å². The Bertz CT molecular complexity index is 1200. The van der Waals surface area contributed by atoms with Gasteiger partial charge in [0, 0.05) is 5.54 Å². The van der Waals surface area contributed by atoms with E-state index in [1.807, 2.05) is 11.8 Å². The number of aryl methyl sites for hydroxylation is 1. The smallest absolute Gasteiger partial charge is 0.260 e.